The molecule has 1 atom stereocenters. The fraction of sp³-hybridized carbons (Fsp3) is 0.533. The number of carbonyl (C=O) groups is 1. The Morgan fingerprint density at radius 1 is 1.57 bits per heavy atom. The number of aliphatic hydroxyl groups is 1. The third kappa shape index (κ3) is 4.88. The molecule has 1 aliphatic rings. The van der Waals surface area contributed by atoms with Crippen LogP contribution < -0.4 is 11.1 Å². The van der Waals surface area contributed by atoms with Crippen LogP contribution in [-0.2, 0) is 4.79 Å². The lowest BCUT2D eigenvalue weighted by molar-refractivity contribution is -0.116. The van der Waals surface area contributed by atoms with E-state index in [9.17, 15) is 9.90 Å². The number of nitrogens with zero attached hydrogens (tertiary/aromatic N) is 1. The second kappa shape index (κ2) is 6.64. The van der Waals surface area contributed by atoms with Crippen LogP contribution in [-0.4, -0.2) is 41.1 Å². The fourth-order valence-corrected chi connectivity index (χ4v) is 2.66. The molecule has 1 unspecified atom stereocenters. The lowest BCUT2D eigenvalue weighted by Gasteiger charge is -2.18. The molecule has 21 heavy (non-hydrogen) atoms. The average molecular weight is 312 g/mol. The first-order chi connectivity index (χ1) is 9.85. The van der Waals surface area contributed by atoms with Crippen LogP contribution in [0.1, 0.15) is 26.2 Å². The van der Waals surface area contributed by atoms with Gasteiger partial charge in [0.2, 0.25) is 5.91 Å². The van der Waals surface area contributed by atoms with E-state index in [1.807, 2.05) is 6.92 Å². The summed E-state index contributed by atoms with van der Waals surface area (Å²) in [6, 6.07) is 5.05. The van der Waals surface area contributed by atoms with E-state index in [0.717, 1.165) is 25.9 Å². The molecule has 1 aromatic carbocycles. The standard InChI is InChI=1S/C15H22ClN3O2/c1-15(21)6-8-19(10-15)7-2-3-14(20)18-11-4-5-12(16)13(17)9-11/h4-5,9,21H,2-3,6-8,10,17H2,1H3,(H,18,20). The van der Waals surface area contributed by atoms with Crippen LogP contribution in [0.3, 0.4) is 0 Å². The van der Waals surface area contributed by atoms with E-state index in [4.69, 9.17) is 17.3 Å². The summed E-state index contributed by atoms with van der Waals surface area (Å²) in [6.07, 6.45) is 2.01. The van der Waals surface area contributed by atoms with Gasteiger partial charge in [0.25, 0.3) is 0 Å². The van der Waals surface area contributed by atoms with Crippen LogP contribution >= 0.6 is 11.6 Å². The van der Waals surface area contributed by atoms with Crippen LogP contribution in [0, 0.1) is 0 Å². The highest BCUT2D eigenvalue weighted by Gasteiger charge is 2.30. The first-order valence-corrected chi connectivity index (χ1v) is 7.53. The van der Waals surface area contributed by atoms with Gasteiger partial charge in [-0.3, -0.25) is 4.79 Å². The zero-order valence-electron chi connectivity index (χ0n) is 12.2. The minimum atomic E-state index is -0.580. The lowest BCUT2D eigenvalue weighted by atomic mass is 10.1. The van der Waals surface area contributed by atoms with Crippen molar-refractivity contribution in [1.29, 1.82) is 0 Å². The molecule has 0 aromatic heterocycles. The second-order valence-electron chi connectivity index (χ2n) is 5.91. The molecule has 0 spiro atoms. The van der Waals surface area contributed by atoms with Crippen molar-refractivity contribution in [2.24, 2.45) is 0 Å². The molecule has 5 nitrogen and oxygen atoms in total. The molecule has 1 saturated heterocycles. The number of nitrogen functional groups attached to an aromatic ring is 1. The molecule has 0 bridgehead atoms. The van der Waals surface area contributed by atoms with Crippen LogP contribution in [0.2, 0.25) is 5.02 Å². The fourth-order valence-electron chi connectivity index (χ4n) is 2.54. The summed E-state index contributed by atoms with van der Waals surface area (Å²) in [4.78, 5) is 14.0. The van der Waals surface area contributed by atoms with Gasteiger partial charge < -0.3 is 21.1 Å². The van der Waals surface area contributed by atoms with Gasteiger partial charge in [-0.1, -0.05) is 11.6 Å². The van der Waals surface area contributed by atoms with E-state index < -0.39 is 5.60 Å². The van der Waals surface area contributed by atoms with Crippen LogP contribution in [0.15, 0.2) is 18.2 Å². The monoisotopic (exact) mass is 311 g/mol. The quantitative estimate of drug-likeness (QED) is 0.728. The van der Waals surface area contributed by atoms with Gasteiger partial charge in [-0.25, -0.2) is 0 Å². The molecule has 0 saturated carbocycles. The van der Waals surface area contributed by atoms with Crippen LogP contribution in [0.4, 0.5) is 11.4 Å². The molecular weight excluding hydrogens is 290 g/mol. The van der Waals surface area contributed by atoms with Crippen molar-refractivity contribution in [1.82, 2.24) is 4.90 Å². The molecule has 1 amide bonds. The van der Waals surface area contributed by atoms with Crippen molar-refractivity contribution in [3.8, 4) is 0 Å². The van der Waals surface area contributed by atoms with Crippen molar-refractivity contribution in [3.05, 3.63) is 23.2 Å². The van der Waals surface area contributed by atoms with E-state index in [0.29, 0.717) is 29.4 Å². The Morgan fingerprint density at radius 2 is 2.33 bits per heavy atom. The minimum Gasteiger partial charge on any atom is -0.397 e. The van der Waals surface area contributed by atoms with E-state index in [1.165, 1.54) is 0 Å². The maximum Gasteiger partial charge on any atom is 0.224 e. The summed E-state index contributed by atoms with van der Waals surface area (Å²) in [7, 11) is 0. The number of hydrogen-bond acceptors (Lipinski definition) is 4. The summed E-state index contributed by atoms with van der Waals surface area (Å²) in [5.41, 5.74) is 6.22. The Morgan fingerprint density at radius 3 is 2.95 bits per heavy atom. The Labute approximate surface area is 130 Å². The molecule has 1 heterocycles. The highest BCUT2D eigenvalue weighted by Crippen LogP contribution is 2.23. The predicted octanol–water partition coefficient (Wildman–Crippen LogP) is 2.10. The predicted molar refractivity (Wildman–Crippen MR) is 85.4 cm³/mol. The first-order valence-electron chi connectivity index (χ1n) is 7.15. The maximum atomic E-state index is 11.9. The number of halogens is 1. The normalized spacial score (nSPS) is 22.4. The van der Waals surface area contributed by atoms with Crippen molar-refractivity contribution in [2.45, 2.75) is 31.8 Å². The van der Waals surface area contributed by atoms with Gasteiger partial charge in [0.1, 0.15) is 0 Å². The maximum absolute atomic E-state index is 11.9. The molecular formula is C15H22ClN3O2. The Bertz CT molecular complexity index is 520. The number of hydrogen-bond donors (Lipinski definition) is 3. The van der Waals surface area contributed by atoms with Crippen molar-refractivity contribution in [3.63, 3.8) is 0 Å². The molecule has 1 aromatic rings. The van der Waals surface area contributed by atoms with Crippen LogP contribution in [0.25, 0.3) is 0 Å². The lowest BCUT2D eigenvalue weighted by Crippen LogP contribution is -2.30. The van der Waals surface area contributed by atoms with Gasteiger partial charge in [0.15, 0.2) is 0 Å². The second-order valence-corrected chi connectivity index (χ2v) is 6.32. The summed E-state index contributed by atoms with van der Waals surface area (Å²) < 4.78 is 0. The molecule has 2 rings (SSSR count). The highest BCUT2D eigenvalue weighted by atomic mass is 35.5. The third-order valence-electron chi connectivity index (χ3n) is 3.69. The summed E-state index contributed by atoms with van der Waals surface area (Å²) in [5, 5.41) is 13.2. The minimum absolute atomic E-state index is 0.0392. The number of carbonyl (C=O) groups excluding carboxylic acids is 1. The molecule has 116 valence electrons. The van der Waals surface area contributed by atoms with Gasteiger partial charge in [-0.15, -0.1) is 0 Å². The third-order valence-corrected chi connectivity index (χ3v) is 4.03. The van der Waals surface area contributed by atoms with E-state index in [1.54, 1.807) is 18.2 Å². The largest absolute Gasteiger partial charge is 0.397 e. The summed E-state index contributed by atoms with van der Waals surface area (Å²) in [6.45, 7) is 4.25. The number of anilines is 2. The van der Waals surface area contributed by atoms with Crippen LogP contribution in [0.5, 0.6) is 0 Å². The van der Waals surface area contributed by atoms with E-state index in [-0.39, 0.29) is 5.91 Å². The number of nitrogens with two attached hydrogens (primary N) is 1. The number of benzene rings is 1. The van der Waals surface area contributed by atoms with E-state index in [2.05, 4.69) is 10.2 Å². The van der Waals surface area contributed by atoms with Gasteiger partial charge in [0, 0.05) is 25.2 Å². The Kier molecular flexibility index (Phi) is 5.08. The number of rotatable bonds is 5. The average Bonchev–Trinajstić information content (AvgIpc) is 2.73. The van der Waals surface area contributed by atoms with Gasteiger partial charge in [-0.2, -0.15) is 0 Å². The van der Waals surface area contributed by atoms with Crippen molar-refractivity contribution < 1.29 is 9.90 Å². The highest BCUT2D eigenvalue weighted by molar-refractivity contribution is 6.33. The van der Waals surface area contributed by atoms with Crippen molar-refractivity contribution >= 4 is 28.9 Å². The molecule has 4 N–H and O–H groups in total. The van der Waals surface area contributed by atoms with Gasteiger partial charge in [0.05, 0.1) is 16.3 Å². The molecule has 1 aliphatic heterocycles. The number of likely N-dealkylation sites (tertiary alicyclic amines) is 1. The Balaban J connectivity index is 1.71. The molecule has 1 fully saturated rings. The summed E-state index contributed by atoms with van der Waals surface area (Å²) >= 11 is 5.83. The Hall–Kier alpha value is -1.30. The van der Waals surface area contributed by atoms with Gasteiger partial charge in [-0.05, 0) is 44.5 Å². The zero-order valence-corrected chi connectivity index (χ0v) is 13.0. The molecule has 6 heteroatoms. The number of nitrogens with one attached hydrogen (secondary N) is 1. The molecule has 0 radical (unpaired) electrons. The first kappa shape index (κ1) is 16.1. The van der Waals surface area contributed by atoms with E-state index >= 15 is 0 Å². The number of amides is 1. The van der Waals surface area contributed by atoms with Gasteiger partial charge >= 0.3 is 0 Å². The topological polar surface area (TPSA) is 78.6 Å². The number of β-amino-alcohol motifs (C(OH)–C–C–N with tert-alkyl or cyclic N) is 1. The smallest absolute Gasteiger partial charge is 0.224 e. The zero-order chi connectivity index (χ0) is 15.5. The summed E-state index contributed by atoms with van der Waals surface area (Å²) in [5.74, 6) is -0.0392. The van der Waals surface area contributed by atoms with Crippen molar-refractivity contribution in [2.75, 3.05) is 30.7 Å². The molecule has 0 aliphatic carbocycles. The SMILES string of the molecule is CC1(O)CCN(CCCC(=O)Nc2ccc(Cl)c(N)c2)C1.